The second-order valence-electron chi connectivity index (χ2n) is 11.0. The highest BCUT2D eigenvalue weighted by Gasteiger charge is 2.41. The smallest absolute Gasteiger partial charge is 0.243 e. The van der Waals surface area contributed by atoms with Crippen LogP contribution in [0.15, 0.2) is 41.5 Å². The molecule has 41 heavy (non-hydrogen) atoms. The molecule has 2 aromatic rings. The van der Waals surface area contributed by atoms with E-state index in [1.807, 2.05) is 48.2 Å². The Kier molecular flexibility index (Phi) is 10.3. The second-order valence-corrected chi connectivity index (χ2v) is 11.0. The van der Waals surface area contributed by atoms with Gasteiger partial charge in [0.1, 0.15) is 11.8 Å². The van der Waals surface area contributed by atoms with Gasteiger partial charge in [0.05, 0.1) is 19.7 Å². The molecule has 0 spiro atoms. The first-order valence-electron chi connectivity index (χ1n) is 14.3. The Balaban J connectivity index is 1.42. The first kappa shape index (κ1) is 30.0. The first-order chi connectivity index (χ1) is 19.8. The van der Waals surface area contributed by atoms with Crippen LogP contribution >= 0.6 is 0 Å². The van der Waals surface area contributed by atoms with E-state index in [0.29, 0.717) is 19.5 Å². The molecule has 0 saturated carbocycles. The molecule has 2 aliphatic rings. The number of aromatic nitrogens is 1. The van der Waals surface area contributed by atoms with E-state index in [1.165, 1.54) is 0 Å². The first-order valence-corrected chi connectivity index (χ1v) is 14.3. The van der Waals surface area contributed by atoms with Crippen LogP contribution in [0.3, 0.4) is 0 Å². The van der Waals surface area contributed by atoms with Crippen LogP contribution in [0, 0.1) is 12.8 Å². The Hall–Kier alpha value is -3.92. The van der Waals surface area contributed by atoms with Crippen molar-refractivity contribution < 1.29 is 19.1 Å². The lowest BCUT2D eigenvalue weighted by molar-refractivity contribution is -0.140. The molecule has 3 amide bonds. The maximum absolute atomic E-state index is 13.5. The number of ether oxygens (including phenoxy) is 1. The molecule has 2 saturated heterocycles. The van der Waals surface area contributed by atoms with Crippen LogP contribution in [0.5, 0.6) is 5.75 Å². The molecule has 4 rings (SSSR count). The summed E-state index contributed by atoms with van der Waals surface area (Å²) >= 11 is 0. The molecule has 1 aromatic heterocycles. The number of hydrogen-bond acceptors (Lipinski definition) is 6. The van der Waals surface area contributed by atoms with E-state index >= 15 is 0 Å². The fraction of sp³-hybridized carbons (Fsp3) is 0.484. The normalized spacial score (nSPS) is 19.5. The Bertz CT molecular complexity index is 1250. The molecule has 2 aliphatic heterocycles. The number of rotatable bonds is 12. The van der Waals surface area contributed by atoms with Crippen LogP contribution in [-0.4, -0.2) is 78.1 Å². The van der Waals surface area contributed by atoms with E-state index in [4.69, 9.17) is 10.5 Å². The average Bonchev–Trinajstić information content (AvgIpc) is 3.74. The number of H-pyrrole nitrogens is 1. The number of amides is 3. The number of aliphatic imine (C=N–C) groups is 1. The van der Waals surface area contributed by atoms with Crippen molar-refractivity contribution in [3.05, 3.63) is 59.0 Å². The van der Waals surface area contributed by atoms with Gasteiger partial charge in [-0.1, -0.05) is 12.1 Å². The molecular formula is C31H42N6O4. The number of carbonyl (C=O) groups excluding carboxylic acids is 3. The standard InChI is InChI=1S/C31H42N6O4/c1-21-16-24(35-27(21)12-13-33-2)19-34-30(39)28-18-23(17-22-6-8-25(41-3)9-7-22)20-37(28)31(40)26(32)10-11-29(38)36-14-4-5-15-36/h6-9,12-13,16,23,26,28,35H,2,4-5,10-11,14-15,17-20,32H2,1,3H3,(H,34,39)/b13-12-. The molecule has 0 bridgehead atoms. The van der Waals surface area contributed by atoms with Crippen molar-refractivity contribution in [3.63, 3.8) is 0 Å². The topological polar surface area (TPSA) is 133 Å². The van der Waals surface area contributed by atoms with E-state index < -0.39 is 12.1 Å². The quantitative estimate of drug-likeness (QED) is 0.342. The monoisotopic (exact) mass is 562 g/mol. The SMILES string of the molecule is C=N/C=C\c1[nH]c(CNC(=O)C2CC(Cc3ccc(OC)cc3)CN2C(=O)C(N)CCC(=O)N2CCCC2)cc1C. The maximum atomic E-state index is 13.5. The lowest BCUT2D eigenvalue weighted by atomic mass is 9.96. The Morgan fingerprint density at radius 3 is 2.66 bits per heavy atom. The number of nitrogens with zero attached hydrogens (tertiary/aromatic N) is 3. The minimum atomic E-state index is -0.838. The summed E-state index contributed by atoms with van der Waals surface area (Å²) in [4.78, 5) is 50.0. The van der Waals surface area contributed by atoms with Crippen molar-refractivity contribution >= 4 is 30.5 Å². The number of nitrogens with two attached hydrogens (primary N) is 1. The zero-order valence-corrected chi connectivity index (χ0v) is 24.1. The third kappa shape index (κ3) is 7.85. The molecule has 0 radical (unpaired) electrons. The molecule has 3 unspecified atom stereocenters. The minimum Gasteiger partial charge on any atom is -0.497 e. The maximum Gasteiger partial charge on any atom is 0.243 e. The predicted molar refractivity (Wildman–Crippen MR) is 159 cm³/mol. The zero-order chi connectivity index (χ0) is 29.4. The summed E-state index contributed by atoms with van der Waals surface area (Å²) in [5, 5.41) is 3.01. The number of carbonyl (C=O) groups is 3. The van der Waals surface area contributed by atoms with E-state index in [9.17, 15) is 14.4 Å². The van der Waals surface area contributed by atoms with Gasteiger partial charge < -0.3 is 30.6 Å². The molecule has 1 aromatic carbocycles. The van der Waals surface area contributed by atoms with Crippen LogP contribution in [0.25, 0.3) is 6.08 Å². The molecule has 220 valence electrons. The third-order valence-corrected chi connectivity index (χ3v) is 8.01. The van der Waals surface area contributed by atoms with E-state index in [-0.39, 0.29) is 36.5 Å². The van der Waals surface area contributed by atoms with Crippen LogP contribution in [0.1, 0.15) is 54.6 Å². The largest absolute Gasteiger partial charge is 0.497 e. The van der Waals surface area contributed by atoms with Gasteiger partial charge in [-0.15, -0.1) is 0 Å². The lowest BCUT2D eigenvalue weighted by Gasteiger charge is -2.27. The minimum absolute atomic E-state index is 0.0400. The van der Waals surface area contributed by atoms with E-state index in [0.717, 1.165) is 60.6 Å². The van der Waals surface area contributed by atoms with Crippen molar-refractivity contribution in [1.29, 1.82) is 0 Å². The molecule has 3 atom stereocenters. The summed E-state index contributed by atoms with van der Waals surface area (Å²) in [6.45, 7) is 7.70. The van der Waals surface area contributed by atoms with Crippen LogP contribution in [-0.2, 0) is 27.3 Å². The summed E-state index contributed by atoms with van der Waals surface area (Å²) in [6.07, 6.45) is 7.22. The summed E-state index contributed by atoms with van der Waals surface area (Å²) in [5.41, 5.74) is 10.2. The molecule has 10 nitrogen and oxygen atoms in total. The number of methoxy groups -OCH3 is 1. The highest BCUT2D eigenvalue weighted by molar-refractivity contribution is 5.90. The highest BCUT2D eigenvalue weighted by Crippen LogP contribution is 2.28. The Labute approximate surface area is 242 Å². The molecule has 4 N–H and O–H groups in total. The van der Waals surface area contributed by atoms with E-state index in [1.54, 1.807) is 18.2 Å². The third-order valence-electron chi connectivity index (χ3n) is 8.01. The Morgan fingerprint density at radius 2 is 1.98 bits per heavy atom. The average molecular weight is 563 g/mol. The summed E-state index contributed by atoms with van der Waals surface area (Å²) in [6, 6.07) is 8.35. The number of aromatic amines is 1. The molecular weight excluding hydrogens is 520 g/mol. The van der Waals surface area contributed by atoms with Crippen LogP contribution < -0.4 is 15.8 Å². The van der Waals surface area contributed by atoms with Crippen molar-refractivity contribution in [3.8, 4) is 5.75 Å². The van der Waals surface area contributed by atoms with Crippen LogP contribution in [0.4, 0.5) is 0 Å². The summed E-state index contributed by atoms with van der Waals surface area (Å²) < 4.78 is 5.27. The fourth-order valence-corrected chi connectivity index (χ4v) is 5.74. The summed E-state index contributed by atoms with van der Waals surface area (Å²) in [7, 11) is 1.63. The van der Waals surface area contributed by atoms with Gasteiger partial charge in [0.15, 0.2) is 0 Å². The van der Waals surface area contributed by atoms with Gasteiger partial charge >= 0.3 is 0 Å². The van der Waals surface area contributed by atoms with Crippen molar-refractivity contribution in [1.82, 2.24) is 20.1 Å². The van der Waals surface area contributed by atoms with Gasteiger partial charge in [0.25, 0.3) is 0 Å². The lowest BCUT2D eigenvalue weighted by Crippen LogP contribution is -2.51. The van der Waals surface area contributed by atoms with Crippen molar-refractivity contribution in [2.75, 3.05) is 26.7 Å². The van der Waals surface area contributed by atoms with Crippen LogP contribution in [0.2, 0.25) is 0 Å². The highest BCUT2D eigenvalue weighted by atomic mass is 16.5. The van der Waals surface area contributed by atoms with Gasteiger partial charge in [-0.2, -0.15) is 0 Å². The van der Waals surface area contributed by atoms with Gasteiger partial charge in [0.2, 0.25) is 17.7 Å². The van der Waals surface area contributed by atoms with Crippen molar-refractivity contribution in [2.45, 2.75) is 64.1 Å². The van der Waals surface area contributed by atoms with Gasteiger partial charge in [-0.25, -0.2) is 0 Å². The molecule has 0 aliphatic carbocycles. The van der Waals surface area contributed by atoms with E-state index in [2.05, 4.69) is 22.0 Å². The van der Waals surface area contributed by atoms with Gasteiger partial charge in [-0.05, 0) is 87.1 Å². The Morgan fingerprint density at radius 1 is 1.24 bits per heavy atom. The number of aryl methyl sites for hydroxylation is 1. The molecule has 3 heterocycles. The number of benzene rings is 1. The summed E-state index contributed by atoms with van der Waals surface area (Å²) in [5.74, 6) is 0.419. The predicted octanol–water partition coefficient (Wildman–Crippen LogP) is 2.81. The number of nitrogens with one attached hydrogen (secondary N) is 2. The fourth-order valence-electron chi connectivity index (χ4n) is 5.74. The van der Waals surface area contributed by atoms with Gasteiger partial charge in [0, 0.05) is 43.6 Å². The number of likely N-dealkylation sites (tertiary alicyclic amines) is 2. The second kappa shape index (κ2) is 14.1. The zero-order valence-electron chi connectivity index (χ0n) is 24.1. The van der Waals surface area contributed by atoms with Gasteiger partial charge in [-0.3, -0.25) is 19.4 Å². The molecule has 10 heteroatoms. The number of hydrogen-bond donors (Lipinski definition) is 3. The molecule has 2 fully saturated rings. The van der Waals surface area contributed by atoms with Crippen molar-refractivity contribution in [2.24, 2.45) is 16.6 Å².